The molecule has 0 radical (unpaired) electrons. The largest absolute Gasteiger partial charge is 0.218 e. The van der Waals surface area contributed by atoms with E-state index in [9.17, 15) is 0 Å². The molecule has 31 heavy (non-hydrogen) atoms. The fraction of sp³-hybridized carbons (Fsp3) is 0.0769. The Kier molecular flexibility index (Phi) is 5.18. The average Bonchev–Trinajstić information content (AvgIpc) is 3.43. The van der Waals surface area contributed by atoms with Crippen LogP contribution in [-0.4, -0.2) is 14.8 Å². The van der Waals surface area contributed by atoms with Gasteiger partial charge in [-0.25, -0.2) is 9.67 Å². The molecular formula is C26H20ClN3S. The molecule has 2 heterocycles. The van der Waals surface area contributed by atoms with E-state index < -0.39 is 0 Å². The van der Waals surface area contributed by atoms with Crippen molar-refractivity contribution >= 4 is 22.9 Å². The second-order valence-corrected chi connectivity index (χ2v) is 8.85. The number of nitrogens with zero attached hydrogens (tertiary/aromatic N) is 3. The molecule has 5 heteroatoms. The lowest BCUT2D eigenvalue weighted by Gasteiger charge is -2.04. The lowest BCUT2D eigenvalue weighted by atomic mass is 10.1. The third-order valence-corrected chi connectivity index (χ3v) is 6.29. The van der Waals surface area contributed by atoms with Crippen LogP contribution in [-0.2, 0) is 0 Å². The predicted octanol–water partition coefficient (Wildman–Crippen LogP) is 7.60. The molecule has 5 rings (SSSR count). The summed E-state index contributed by atoms with van der Waals surface area (Å²) in [5.41, 5.74) is 8.56. The Hall–Kier alpha value is -3.21. The number of thiazole rings is 1. The lowest BCUT2D eigenvalue weighted by Crippen LogP contribution is -1.99. The number of aryl methyl sites for hydroxylation is 2. The van der Waals surface area contributed by atoms with Gasteiger partial charge in [0.05, 0.1) is 17.1 Å². The Morgan fingerprint density at radius 3 is 1.90 bits per heavy atom. The Morgan fingerprint density at radius 2 is 1.26 bits per heavy atom. The van der Waals surface area contributed by atoms with E-state index >= 15 is 0 Å². The van der Waals surface area contributed by atoms with Gasteiger partial charge in [0.1, 0.15) is 0 Å². The maximum atomic E-state index is 6.04. The van der Waals surface area contributed by atoms with Crippen molar-refractivity contribution in [1.82, 2.24) is 14.8 Å². The van der Waals surface area contributed by atoms with Gasteiger partial charge >= 0.3 is 0 Å². The van der Waals surface area contributed by atoms with Crippen molar-refractivity contribution in [3.63, 3.8) is 0 Å². The molecule has 0 aliphatic carbocycles. The highest BCUT2D eigenvalue weighted by atomic mass is 35.5. The average molecular weight is 442 g/mol. The van der Waals surface area contributed by atoms with E-state index in [1.165, 1.54) is 11.1 Å². The monoisotopic (exact) mass is 441 g/mol. The first-order valence-corrected chi connectivity index (χ1v) is 11.3. The molecule has 2 aromatic heterocycles. The molecule has 0 N–H and O–H groups in total. The molecule has 5 aromatic rings. The summed E-state index contributed by atoms with van der Waals surface area (Å²) in [6.45, 7) is 4.19. The highest BCUT2D eigenvalue weighted by molar-refractivity contribution is 7.12. The van der Waals surface area contributed by atoms with Crippen LogP contribution in [0.3, 0.4) is 0 Å². The minimum Gasteiger partial charge on any atom is -0.218 e. The van der Waals surface area contributed by atoms with E-state index in [0.717, 1.165) is 43.9 Å². The maximum Gasteiger partial charge on any atom is 0.211 e. The summed E-state index contributed by atoms with van der Waals surface area (Å²) in [6, 6.07) is 26.9. The molecule has 3 nitrogen and oxygen atoms in total. The van der Waals surface area contributed by atoms with Crippen LogP contribution in [0.2, 0.25) is 5.02 Å². The summed E-state index contributed by atoms with van der Waals surface area (Å²) in [5, 5.41) is 8.55. The number of hydrogen-bond acceptors (Lipinski definition) is 3. The van der Waals surface area contributed by atoms with Gasteiger partial charge in [-0.15, -0.1) is 11.3 Å². The van der Waals surface area contributed by atoms with Crippen molar-refractivity contribution in [2.24, 2.45) is 0 Å². The zero-order chi connectivity index (χ0) is 21.4. The van der Waals surface area contributed by atoms with E-state index in [2.05, 4.69) is 73.8 Å². The molecule has 0 saturated heterocycles. The number of hydrogen-bond donors (Lipinski definition) is 0. The molecule has 3 aromatic carbocycles. The van der Waals surface area contributed by atoms with Crippen molar-refractivity contribution < 1.29 is 0 Å². The summed E-state index contributed by atoms with van der Waals surface area (Å²) in [6.07, 6.45) is 0. The molecule has 0 aliphatic heterocycles. The zero-order valence-corrected chi connectivity index (χ0v) is 18.8. The number of benzene rings is 3. The van der Waals surface area contributed by atoms with Gasteiger partial charge in [-0.2, -0.15) is 5.10 Å². The molecule has 0 aliphatic rings. The van der Waals surface area contributed by atoms with Crippen molar-refractivity contribution in [3.8, 4) is 38.9 Å². The predicted molar refractivity (Wildman–Crippen MR) is 130 cm³/mol. The quantitative estimate of drug-likeness (QED) is 0.287. The van der Waals surface area contributed by atoms with Crippen molar-refractivity contribution in [2.45, 2.75) is 13.8 Å². The first kappa shape index (κ1) is 19.7. The Bertz CT molecular complexity index is 1330. The second kappa shape index (κ2) is 8.14. The minimum absolute atomic E-state index is 0.718. The van der Waals surface area contributed by atoms with E-state index in [-0.39, 0.29) is 0 Å². The van der Waals surface area contributed by atoms with E-state index in [0.29, 0.717) is 0 Å². The highest BCUT2D eigenvalue weighted by Crippen LogP contribution is 2.32. The molecule has 0 spiro atoms. The van der Waals surface area contributed by atoms with Crippen LogP contribution in [0.5, 0.6) is 0 Å². The number of rotatable bonds is 4. The summed E-state index contributed by atoms with van der Waals surface area (Å²) in [7, 11) is 0. The standard InChI is InChI=1S/C26H20ClN3S/c1-17-3-7-19(8-4-17)23-15-25(21-9-5-18(2)6-10-21)30(29-23)26-28-24(16-31-26)20-11-13-22(27)14-12-20/h3-16H,1-2H3. The normalized spacial score (nSPS) is 11.1. The second-order valence-electron chi connectivity index (χ2n) is 7.58. The fourth-order valence-electron chi connectivity index (χ4n) is 3.44. The van der Waals surface area contributed by atoms with Crippen molar-refractivity contribution in [3.05, 3.63) is 100 Å². The van der Waals surface area contributed by atoms with Crippen LogP contribution in [0.15, 0.2) is 84.2 Å². The first-order valence-electron chi connectivity index (χ1n) is 10.0. The molecule has 0 amide bonds. The molecule has 0 atom stereocenters. The van der Waals surface area contributed by atoms with Crippen LogP contribution in [0.4, 0.5) is 0 Å². The van der Waals surface area contributed by atoms with E-state index in [1.54, 1.807) is 11.3 Å². The molecule has 0 bridgehead atoms. The third kappa shape index (κ3) is 4.05. The van der Waals surface area contributed by atoms with Crippen LogP contribution in [0, 0.1) is 13.8 Å². The van der Waals surface area contributed by atoms with E-state index in [4.69, 9.17) is 21.7 Å². The van der Waals surface area contributed by atoms with Gasteiger partial charge < -0.3 is 0 Å². The smallest absolute Gasteiger partial charge is 0.211 e. The van der Waals surface area contributed by atoms with Gasteiger partial charge in [-0.1, -0.05) is 83.4 Å². The molecule has 152 valence electrons. The first-order chi connectivity index (χ1) is 15.1. The highest BCUT2D eigenvalue weighted by Gasteiger charge is 2.16. The van der Waals surface area contributed by atoms with Crippen molar-refractivity contribution in [1.29, 1.82) is 0 Å². The maximum absolute atomic E-state index is 6.04. The number of aromatic nitrogens is 3. The van der Waals surface area contributed by atoms with Gasteiger partial charge in [-0.3, -0.25) is 0 Å². The van der Waals surface area contributed by atoms with Crippen LogP contribution < -0.4 is 0 Å². The Labute approximate surface area is 190 Å². The fourth-order valence-corrected chi connectivity index (χ4v) is 4.36. The molecule has 0 fully saturated rings. The van der Waals surface area contributed by atoms with Gasteiger partial charge in [0.15, 0.2) is 0 Å². The van der Waals surface area contributed by atoms with Crippen molar-refractivity contribution in [2.75, 3.05) is 0 Å². The number of halogens is 1. The van der Waals surface area contributed by atoms with Crippen LogP contribution >= 0.6 is 22.9 Å². The Morgan fingerprint density at radius 1 is 0.710 bits per heavy atom. The SMILES string of the molecule is Cc1ccc(-c2cc(-c3ccc(C)cc3)n(-c3nc(-c4ccc(Cl)cc4)cs3)n2)cc1. The van der Waals surface area contributed by atoms with Gasteiger partial charge in [-0.05, 0) is 32.0 Å². The summed E-state index contributed by atoms with van der Waals surface area (Å²) < 4.78 is 1.95. The molecular weight excluding hydrogens is 422 g/mol. The summed E-state index contributed by atoms with van der Waals surface area (Å²) in [5.74, 6) is 0. The molecule has 0 saturated carbocycles. The minimum atomic E-state index is 0.718. The van der Waals surface area contributed by atoms with Gasteiger partial charge in [0.2, 0.25) is 5.13 Å². The summed E-state index contributed by atoms with van der Waals surface area (Å²) in [4.78, 5) is 4.88. The zero-order valence-electron chi connectivity index (χ0n) is 17.2. The van der Waals surface area contributed by atoms with Gasteiger partial charge in [0.25, 0.3) is 0 Å². The summed E-state index contributed by atoms with van der Waals surface area (Å²) >= 11 is 7.62. The van der Waals surface area contributed by atoms with Crippen LogP contribution in [0.1, 0.15) is 11.1 Å². The molecule has 0 unspecified atom stereocenters. The lowest BCUT2D eigenvalue weighted by molar-refractivity contribution is 0.881. The third-order valence-electron chi connectivity index (χ3n) is 5.22. The topological polar surface area (TPSA) is 30.7 Å². The Balaban J connectivity index is 1.62. The van der Waals surface area contributed by atoms with Gasteiger partial charge in [0, 0.05) is 27.1 Å². The van der Waals surface area contributed by atoms with Crippen LogP contribution in [0.25, 0.3) is 38.9 Å². The van der Waals surface area contributed by atoms with E-state index in [1.807, 2.05) is 28.9 Å².